The Hall–Kier alpha value is -2.35. The van der Waals surface area contributed by atoms with Crippen molar-refractivity contribution >= 4 is 45.8 Å². The molecule has 0 saturated heterocycles. The first-order valence-corrected chi connectivity index (χ1v) is 9.36. The molecule has 0 aliphatic carbocycles. The van der Waals surface area contributed by atoms with E-state index in [-0.39, 0.29) is 12.5 Å². The number of hydrogen-bond acceptors (Lipinski definition) is 4. The summed E-state index contributed by atoms with van der Waals surface area (Å²) in [5.41, 5.74) is 0.570. The van der Waals surface area contributed by atoms with Gasteiger partial charge in [-0.25, -0.2) is 4.79 Å². The Labute approximate surface area is 166 Å². The minimum Gasteiger partial charge on any atom is -0.464 e. The number of benzene rings is 2. The molecule has 6 heteroatoms. The van der Waals surface area contributed by atoms with Gasteiger partial charge in [-0.05, 0) is 78.9 Å². The van der Waals surface area contributed by atoms with Crippen LogP contribution in [0, 0.1) is 3.57 Å². The number of amides is 1. The lowest BCUT2D eigenvalue weighted by Crippen LogP contribution is -2.51. The summed E-state index contributed by atoms with van der Waals surface area (Å²) < 4.78 is 6.34. The van der Waals surface area contributed by atoms with Gasteiger partial charge < -0.3 is 10.1 Å². The van der Waals surface area contributed by atoms with Crippen LogP contribution in [0.25, 0.3) is 0 Å². The maximum Gasteiger partial charge on any atom is 0.336 e. The van der Waals surface area contributed by atoms with Crippen LogP contribution in [0.4, 0.5) is 11.4 Å². The molecule has 1 aliphatic heterocycles. The highest BCUT2D eigenvalue weighted by Crippen LogP contribution is 2.35. The van der Waals surface area contributed by atoms with Crippen molar-refractivity contribution in [3.63, 3.8) is 0 Å². The molecule has 0 aromatic heterocycles. The third kappa shape index (κ3) is 3.46. The lowest BCUT2D eigenvalue weighted by atomic mass is 10.0. The van der Waals surface area contributed by atoms with Crippen LogP contribution in [0.5, 0.6) is 0 Å². The number of halogens is 1. The van der Waals surface area contributed by atoms with Gasteiger partial charge in [0.1, 0.15) is 5.70 Å². The SMILES string of the molecule is CCOC(=O)[C@]1(C)C=C(Nc2ccc(I)cc2)C(=O)N1c1ccccc1. The highest BCUT2D eigenvalue weighted by Gasteiger charge is 2.49. The fourth-order valence-electron chi connectivity index (χ4n) is 2.91. The minimum absolute atomic E-state index is 0.249. The van der Waals surface area contributed by atoms with Gasteiger partial charge in [-0.3, -0.25) is 9.69 Å². The van der Waals surface area contributed by atoms with Crippen molar-refractivity contribution in [2.24, 2.45) is 0 Å². The number of nitrogens with one attached hydrogen (secondary N) is 1. The Morgan fingerprint density at radius 2 is 1.81 bits per heavy atom. The van der Waals surface area contributed by atoms with Crippen molar-refractivity contribution in [1.82, 2.24) is 0 Å². The number of esters is 1. The van der Waals surface area contributed by atoms with Crippen LogP contribution in [-0.2, 0) is 14.3 Å². The van der Waals surface area contributed by atoms with Crippen LogP contribution >= 0.6 is 22.6 Å². The second-order valence-corrected chi connectivity index (χ2v) is 7.28. The third-order valence-electron chi connectivity index (χ3n) is 4.15. The van der Waals surface area contributed by atoms with Gasteiger partial charge in [-0.1, -0.05) is 18.2 Å². The first-order valence-electron chi connectivity index (χ1n) is 8.28. The van der Waals surface area contributed by atoms with E-state index in [9.17, 15) is 9.59 Å². The summed E-state index contributed by atoms with van der Waals surface area (Å²) >= 11 is 2.22. The fourth-order valence-corrected chi connectivity index (χ4v) is 3.27. The Kier molecular flexibility index (Phi) is 5.31. The molecule has 1 N–H and O–H groups in total. The second kappa shape index (κ2) is 7.49. The molecule has 0 fully saturated rings. The van der Waals surface area contributed by atoms with Gasteiger partial charge in [-0.2, -0.15) is 0 Å². The van der Waals surface area contributed by atoms with Crippen molar-refractivity contribution < 1.29 is 14.3 Å². The molecule has 0 spiro atoms. The number of carbonyl (C=O) groups excluding carboxylic acids is 2. The normalized spacial score (nSPS) is 19.3. The van der Waals surface area contributed by atoms with Gasteiger partial charge in [0.05, 0.1) is 6.61 Å². The van der Waals surface area contributed by atoms with Gasteiger partial charge in [0, 0.05) is 14.9 Å². The minimum atomic E-state index is -1.21. The van der Waals surface area contributed by atoms with Crippen molar-refractivity contribution in [3.05, 3.63) is 69.9 Å². The van der Waals surface area contributed by atoms with Gasteiger partial charge in [-0.15, -0.1) is 0 Å². The monoisotopic (exact) mass is 462 g/mol. The highest BCUT2D eigenvalue weighted by molar-refractivity contribution is 14.1. The quantitative estimate of drug-likeness (QED) is 0.540. The number of rotatable bonds is 5. The van der Waals surface area contributed by atoms with E-state index >= 15 is 0 Å². The summed E-state index contributed by atoms with van der Waals surface area (Å²) in [4.78, 5) is 27.2. The van der Waals surface area contributed by atoms with Crippen molar-refractivity contribution in [2.45, 2.75) is 19.4 Å². The Morgan fingerprint density at radius 3 is 2.42 bits per heavy atom. The van der Waals surface area contributed by atoms with Crippen LogP contribution in [0.2, 0.25) is 0 Å². The maximum absolute atomic E-state index is 13.1. The van der Waals surface area contributed by atoms with Gasteiger partial charge in [0.2, 0.25) is 0 Å². The predicted molar refractivity (Wildman–Crippen MR) is 110 cm³/mol. The van der Waals surface area contributed by atoms with Crippen LogP contribution < -0.4 is 10.2 Å². The molecule has 134 valence electrons. The van der Waals surface area contributed by atoms with E-state index in [0.29, 0.717) is 11.4 Å². The predicted octanol–water partition coefficient (Wildman–Crippen LogP) is 3.96. The summed E-state index contributed by atoms with van der Waals surface area (Å²) in [6.07, 6.45) is 1.64. The summed E-state index contributed by atoms with van der Waals surface area (Å²) in [5.74, 6) is -0.734. The molecule has 2 aromatic carbocycles. The first kappa shape index (κ1) is 18.4. The molecule has 26 heavy (non-hydrogen) atoms. The molecule has 1 aliphatic rings. The second-order valence-electron chi connectivity index (χ2n) is 6.03. The molecule has 0 radical (unpaired) electrons. The van der Waals surface area contributed by atoms with Crippen molar-refractivity contribution in [3.8, 4) is 0 Å². The Bertz CT molecular complexity index is 849. The van der Waals surface area contributed by atoms with E-state index in [2.05, 4.69) is 27.9 Å². The summed E-state index contributed by atoms with van der Waals surface area (Å²) in [7, 11) is 0. The zero-order chi connectivity index (χ0) is 18.7. The largest absolute Gasteiger partial charge is 0.464 e. The highest BCUT2D eigenvalue weighted by atomic mass is 127. The standard InChI is InChI=1S/C20H19IN2O3/c1-3-26-19(25)20(2)13-17(22-15-11-9-14(21)10-12-15)18(24)23(20)16-7-5-4-6-8-16/h4-13,22H,3H2,1-2H3/t20-/m0/s1. The number of carbonyl (C=O) groups is 2. The molecular formula is C20H19IN2O3. The molecule has 0 saturated carbocycles. The molecule has 1 atom stereocenters. The topological polar surface area (TPSA) is 58.6 Å². The number of anilines is 2. The Balaban J connectivity index is 1.99. The van der Waals surface area contributed by atoms with E-state index in [0.717, 1.165) is 9.26 Å². The van der Waals surface area contributed by atoms with E-state index in [4.69, 9.17) is 4.74 Å². The smallest absolute Gasteiger partial charge is 0.336 e. The molecular weight excluding hydrogens is 443 g/mol. The van der Waals surface area contributed by atoms with Crippen LogP contribution in [-0.4, -0.2) is 24.0 Å². The van der Waals surface area contributed by atoms with E-state index < -0.39 is 11.5 Å². The molecule has 1 heterocycles. The van der Waals surface area contributed by atoms with Crippen molar-refractivity contribution in [2.75, 3.05) is 16.8 Å². The van der Waals surface area contributed by atoms with Crippen LogP contribution in [0.3, 0.4) is 0 Å². The van der Waals surface area contributed by atoms with Crippen molar-refractivity contribution in [1.29, 1.82) is 0 Å². The maximum atomic E-state index is 13.1. The third-order valence-corrected chi connectivity index (χ3v) is 4.87. The van der Waals surface area contributed by atoms with E-state index in [1.54, 1.807) is 32.1 Å². The summed E-state index contributed by atoms with van der Waals surface area (Å²) in [6, 6.07) is 16.8. The van der Waals surface area contributed by atoms with Crippen LogP contribution in [0.15, 0.2) is 66.4 Å². The fraction of sp³-hybridized carbons (Fsp3) is 0.200. The summed E-state index contributed by atoms with van der Waals surface area (Å²) in [5, 5.41) is 3.13. The number of hydrogen-bond donors (Lipinski definition) is 1. The molecule has 0 bridgehead atoms. The molecule has 5 nitrogen and oxygen atoms in total. The van der Waals surface area contributed by atoms with Crippen LogP contribution in [0.1, 0.15) is 13.8 Å². The van der Waals surface area contributed by atoms with E-state index in [1.807, 2.05) is 42.5 Å². The van der Waals surface area contributed by atoms with E-state index in [1.165, 1.54) is 4.90 Å². The zero-order valence-electron chi connectivity index (χ0n) is 14.5. The average molecular weight is 462 g/mol. The number of para-hydroxylation sites is 1. The lowest BCUT2D eigenvalue weighted by molar-refractivity contribution is -0.147. The molecule has 2 aromatic rings. The Morgan fingerprint density at radius 1 is 1.15 bits per heavy atom. The number of nitrogens with zero attached hydrogens (tertiary/aromatic N) is 1. The van der Waals surface area contributed by atoms with Gasteiger partial charge >= 0.3 is 5.97 Å². The molecule has 0 unspecified atom stereocenters. The first-order chi connectivity index (χ1) is 12.5. The lowest BCUT2D eigenvalue weighted by Gasteiger charge is -2.32. The molecule has 1 amide bonds. The van der Waals surface area contributed by atoms with Gasteiger partial charge in [0.15, 0.2) is 5.54 Å². The molecule has 3 rings (SSSR count). The number of ether oxygens (including phenoxy) is 1. The zero-order valence-corrected chi connectivity index (χ0v) is 16.7. The summed E-state index contributed by atoms with van der Waals surface area (Å²) in [6.45, 7) is 3.69. The van der Waals surface area contributed by atoms with Gasteiger partial charge in [0.25, 0.3) is 5.91 Å². The average Bonchev–Trinajstić information content (AvgIpc) is 2.89.